The molecule has 0 amide bonds. The number of unbranched alkanes of at least 4 members (excludes halogenated alkanes) is 3. The summed E-state index contributed by atoms with van der Waals surface area (Å²) in [5.41, 5.74) is -2.37. The molecule has 33 heavy (non-hydrogen) atoms. The van der Waals surface area contributed by atoms with Crippen molar-refractivity contribution in [2.75, 3.05) is 0 Å². The fourth-order valence-corrected chi connectivity index (χ4v) is 4.95. The standard InChI is InChI=1S/C23H25F2N5O2S/c1-2-3-4-5-6-17-10-18-21(33-17)27-15-29(22(18)31)11-23(32,12-30-14-26-13-28-30)19-8-7-16(24)9-20(19)25/h7-10,13-15,32H,2-6,11-12H2,1H3/t23-/m0/s1. The maximum atomic E-state index is 14.7. The van der Waals surface area contributed by atoms with Crippen LogP contribution in [0.15, 0.2) is 48.0 Å². The van der Waals surface area contributed by atoms with Crippen LogP contribution in [0, 0.1) is 11.6 Å². The van der Waals surface area contributed by atoms with Gasteiger partial charge in [0, 0.05) is 16.5 Å². The van der Waals surface area contributed by atoms with E-state index in [0.717, 1.165) is 36.6 Å². The average molecular weight is 474 g/mol. The van der Waals surface area contributed by atoms with Crippen LogP contribution in [0.4, 0.5) is 8.78 Å². The maximum Gasteiger partial charge on any atom is 0.262 e. The molecule has 0 bridgehead atoms. The second kappa shape index (κ2) is 9.88. The predicted octanol–water partition coefficient (Wildman–Crippen LogP) is 4.04. The first-order valence-corrected chi connectivity index (χ1v) is 11.7. The smallest absolute Gasteiger partial charge is 0.262 e. The van der Waals surface area contributed by atoms with Crippen LogP contribution in [0.3, 0.4) is 0 Å². The number of aryl methyl sites for hydroxylation is 1. The van der Waals surface area contributed by atoms with Gasteiger partial charge in [-0.1, -0.05) is 32.3 Å². The normalized spacial score (nSPS) is 13.5. The summed E-state index contributed by atoms with van der Waals surface area (Å²) in [6, 6.07) is 4.80. The lowest BCUT2D eigenvalue weighted by molar-refractivity contribution is -0.00640. The van der Waals surface area contributed by atoms with E-state index in [2.05, 4.69) is 22.0 Å². The van der Waals surface area contributed by atoms with Crippen molar-refractivity contribution < 1.29 is 13.9 Å². The van der Waals surface area contributed by atoms with Gasteiger partial charge in [0.25, 0.3) is 5.56 Å². The van der Waals surface area contributed by atoms with Gasteiger partial charge < -0.3 is 5.11 Å². The third-order valence-corrected chi connectivity index (χ3v) is 6.70. The Bertz CT molecular complexity index is 1290. The number of nitrogens with zero attached hydrogens (tertiary/aromatic N) is 5. The molecule has 0 saturated carbocycles. The Kier molecular flexibility index (Phi) is 6.94. The minimum Gasteiger partial charge on any atom is -0.381 e. The van der Waals surface area contributed by atoms with Crippen LogP contribution in [0.1, 0.15) is 43.0 Å². The van der Waals surface area contributed by atoms with Crippen molar-refractivity contribution in [1.29, 1.82) is 0 Å². The fourth-order valence-electron chi connectivity index (χ4n) is 3.92. The van der Waals surface area contributed by atoms with Crippen molar-refractivity contribution in [2.45, 2.75) is 57.7 Å². The highest BCUT2D eigenvalue weighted by molar-refractivity contribution is 7.18. The molecule has 0 aliphatic carbocycles. The number of thiophene rings is 1. The largest absolute Gasteiger partial charge is 0.381 e. The first-order valence-electron chi connectivity index (χ1n) is 10.9. The number of hydrogen-bond acceptors (Lipinski definition) is 6. The number of aliphatic hydroxyl groups is 1. The molecule has 1 N–H and O–H groups in total. The van der Waals surface area contributed by atoms with E-state index in [0.29, 0.717) is 16.3 Å². The summed E-state index contributed by atoms with van der Waals surface area (Å²) in [6.07, 6.45) is 9.44. The third kappa shape index (κ3) is 5.17. The van der Waals surface area contributed by atoms with E-state index >= 15 is 0 Å². The van der Waals surface area contributed by atoms with Gasteiger partial charge in [-0.15, -0.1) is 11.3 Å². The van der Waals surface area contributed by atoms with E-state index in [1.807, 2.05) is 6.07 Å². The predicted molar refractivity (Wildman–Crippen MR) is 122 cm³/mol. The molecule has 0 aliphatic rings. The summed E-state index contributed by atoms with van der Waals surface area (Å²) in [4.78, 5) is 23.2. The van der Waals surface area contributed by atoms with Crippen molar-refractivity contribution >= 4 is 21.6 Å². The Hall–Kier alpha value is -2.98. The summed E-state index contributed by atoms with van der Waals surface area (Å²) < 4.78 is 30.8. The van der Waals surface area contributed by atoms with E-state index in [4.69, 9.17) is 0 Å². The van der Waals surface area contributed by atoms with Crippen LogP contribution in [-0.4, -0.2) is 29.4 Å². The summed E-state index contributed by atoms with van der Waals surface area (Å²) in [6.45, 7) is 1.68. The molecule has 0 aliphatic heterocycles. The second-order valence-corrected chi connectivity index (χ2v) is 9.28. The van der Waals surface area contributed by atoms with Gasteiger partial charge in [-0.2, -0.15) is 5.10 Å². The van der Waals surface area contributed by atoms with E-state index in [1.54, 1.807) is 0 Å². The highest BCUT2D eigenvalue weighted by Gasteiger charge is 2.34. The van der Waals surface area contributed by atoms with Crippen molar-refractivity contribution in [3.8, 4) is 0 Å². The molecule has 3 heterocycles. The van der Waals surface area contributed by atoms with Gasteiger partial charge in [0.15, 0.2) is 0 Å². The van der Waals surface area contributed by atoms with E-state index in [9.17, 15) is 18.7 Å². The maximum absolute atomic E-state index is 14.7. The summed E-state index contributed by atoms with van der Waals surface area (Å²) in [7, 11) is 0. The lowest BCUT2D eigenvalue weighted by Crippen LogP contribution is -2.40. The Morgan fingerprint density at radius 2 is 1.97 bits per heavy atom. The summed E-state index contributed by atoms with van der Waals surface area (Å²) >= 11 is 1.49. The van der Waals surface area contributed by atoms with Crippen LogP contribution in [0.2, 0.25) is 0 Å². The number of aromatic nitrogens is 5. The SMILES string of the molecule is CCCCCCc1cc2c(=O)n(C[C@](O)(Cn3cncn3)c3ccc(F)cc3F)cnc2s1. The molecule has 0 radical (unpaired) electrons. The van der Waals surface area contributed by atoms with Crippen LogP contribution < -0.4 is 5.56 Å². The summed E-state index contributed by atoms with van der Waals surface area (Å²) in [5.74, 6) is -1.67. The Labute approximate surface area is 193 Å². The van der Waals surface area contributed by atoms with Crippen molar-refractivity contribution in [3.63, 3.8) is 0 Å². The van der Waals surface area contributed by atoms with Gasteiger partial charge in [-0.3, -0.25) is 9.36 Å². The summed E-state index contributed by atoms with van der Waals surface area (Å²) in [5, 5.41) is 16.0. The Balaban J connectivity index is 1.67. The molecule has 174 valence electrons. The molecule has 3 aromatic heterocycles. The van der Waals surface area contributed by atoms with Gasteiger partial charge in [-0.25, -0.2) is 23.4 Å². The number of rotatable bonds is 10. The van der Waals surface area contributed by atoms with Gasteiger partial charge in [0.2, 0.25) is 0 Å². The number of benzene rings is 1. The second-order valence-electron chi connectivity index (χ2n) is 8.17. The topological polar surface area (TPSA) is 85.8 Å². The van der Waals surface area contributed by atoms with E-state index in [-0.39, 0.29) is 24.2 Å². The molecule has 0 unspecified atom stereocenters. The zero-order chi connectivity index (χ0) is 23.4. The van der Waals surface area contributed by atoms with Crippen molar-refractivity contribution in [2.24, 2.45) is 0 Å². The van der Waals surface area contributed by atoms with Crippen LogP contribution in [-0.2, 0) is 25.1 Å². The van der Waals surface area contributed by atoms with Gasteiger partial charge >= 0.3 is 0 Å². The zero-order valence-corrected chi connectivity index (χ0v) is 19.1. The molecular formula is C23H25F2N5O2S. The van der Waals surface area contributed by atoms with Gasteiger partial charge in [0.05, 0.1) is 24.8 Å². The lowest BCUT2D eigenvalue weighted by atomic mass is 9.92. The van der Waals surface area contributed by atoms with Crippen molar-refractivity contribution in [3.05, 3.63) is 75.7 Å². The minimum atomic E-state index is -1.90. The molecule has 0 saturated heterocycles. The molecule has 0 spiro atoms. The molecule has 10 heteroatoms. The quantitative estimate of drug-likeness (QED) is 0.352. The lowest BCUT2D eigenvalue weighted by Gasteiger charge is -2.29. The number of halogens is 2. The first kappa shape index (κ1) is 23.2. The Morgan fingerprint density at radius 1 is 1.12 bits per heavy atom. The van der Waals surface area contributed by atoms with Gasteiger partial charge in [0.1, 0.15) is 34.7 Å². The molecule has 0 fully saturated rings. The van der Waals surface area contributed by atoms with Crippen LogP contribution >= 0.6 is 11.3 Å². The Morgan fingerprint density at radius 3 is 2.70 bits per heavy atom. The number of hydrogen-bond donors (Lipinski definition) is 1. The average Bonchev–Trinajstić information content (AvgIpc) is 3.43. The van der Waals surface area contributed by atoms with Gasteiger partial charge in [-0.05, 0) is 25.0 Å². The van der Waals surface area contributed by atoms with Crippen LogP contribution in [0.5, 0.6) is 0 Å². The van der Waals surface area contributed by atoms with E-state index < -0.39 is 17.2 Å². The molecule has 1 aromatic carbocycles. The highest BCUT2D eigenvalue weighted by atomic mass is 32.1. The van der Waals surface area contributed by atoms with Crippen LogP contribution in [0.25, 0.3) is 10.2 Å². The minimum absolute atomic E-state index is 0.145. The third-order valence-electron chi connectivity index (χ3n) is 5.60. The molecule has 4 rings (SSSR count). The van der Waals surface area contributed by atoms with E-state index in [1.165, 1.54) is 52.1 Å². The highest BCUT2D eigenvalue weighted by Crippen LogP contribution is 2.29. The molecule has 7 nitrogen and oxygen atoms in total. The monoisotopic (exact) mass is 473 g/mol. The number of fused-ring (bicyclic) bond motifs is 1. The fraction of sp³-hybridized carbons (Fsp3) is 0.391. The molecule has 4 aromatic rings. The first-order chi connectivity index (χ1) is 15.9. The zero-order valence-electron chi connectivity index (χ0n) is 18.2. The molecule has 1 atom stereocenters. The molecular weight excluding hydrogens is 448 g/mol. The van der Waals surface area contributed by atoms with Crippen molar-refractivity contribution in [1.82, 2.24) is 24.3 Å².